The van der Waals surface area contributed by atoms with E-state index in [1.807, 2.05) is 24.3 Å². The Bertz CT molecular complexity index is 499. The zero-order valence-corrected chi connectivity index (χ0v) is 15.5. The summed E-state index contributed by atoms with van der Waals surface area (Å²) in [4.78, 5) is 13.4. The molecule has 1 atom stereocenters. The molecular weight excluding hydrogens is 306 g/mol. The zero-order valence-electron chi connectivity index (χ0n) is 14.7. The van der Waals surface area contributed by atoms with Crippen LogP contribution in [0.25, 0.3) is 0 Å². The molecule has 2 N–H and O–H groups in total. The molecule has 1 amide bonds. The van der Waals surface area contributed by atoms with Gasteiger partial charge in [-0.2, -0.15) is 0 Å². The molecule has 0 heterocycles. The number of thiocarbonyl (C=S) groups is 1. The van der Waals surface area contributed by atoms with Gasteiger partial charge in [0.15, 0.2) is 5.11 Å². The molecular formula is C18H29N3OS. The predicted molar refractivity (Wildman–Crippen MR) is 102 cm³/mol. The van der Waals surface area contributed by atoms with Crippen molar-refractivity contribution in [2.24, 2.45) is 5.92 Å². The van der Waals surface area contributed by atoms with Crippen LogP contribution in [0.15, 0.2) is 24.3 Å². The number of carbonyl (C=O) groups is 1. The Kier molecular flexibility index (Phi) is 8.62. The van der Waals surface area contributed by atoms with Gasteiger partial charge in [-0.15, -0.1) is 0 Å². The van der Waals surface area contributed by atoms with Crippen molar-refractivity contribution >= 4 is 28.9 Å². The molecule has 0 aliphatic heterocycles. The van der Waals surface area contributed by atoms with E-state index in [2.05, 4.69) is 24.5 Å². The molecule has 0 aliphatic rings. The van der Waals surface area contributed by atoms with Gasteiger partial charge in [0.25, 0.3) is 5.91 Å². The zero-order chi connectivity index (χ0) is 17.2. The molecule has 0 saturated heterocycles. The molecule has 4 nitrogen and oxygen atoms in total. The van der Waals surface area contributed by atoms with Crippen LogP contribution in [0.2, 0.25) is 0 Å². The summed E-state index contributed by atoms with van der Waals surface area (Å²) in [6.07, 6.45) is 4.90. The number of unbranched alkanes of at least 4 members (excludes halogenated alkanes) is 1. The first-order valence-electron chi connectivity index (χ1n) is 8.34. The van der Waals surface area contributed by atoms with Gasteiger partial charge in [-0.1, -0.05) is 33.1 Å². The fourth-order valence-corrected chi connectivity index (χ4v) is 2.51. The van der Waals surface area contributed by atoms with Crippen LogP contribution in [0.5, 0.6) is 0 Å². The number of amides is 1. The van der Waals surface area contributed by atoms with Crippen LogP contribution in [0.3, 0.4) is 0 Å². The third-order valence-corrected chi connectivity index (χ3v) is 4.14. The molecule has 0 radical (unpaired) electrons. The van der Waals surface area contributed by atoms with Crippen LogP contribution in [0.4, 0.5) is 5.69 Å². The molecule has 1 aromatic carbocycles. The lowest BCUT2D eigenvalue weighted by molar-refractivity contribution is 0.0827. The Labute approximate surface area is 145 Å². The van der Waals surface area contributed by atoms with Crippen molar-refractivity contribution in [3.05, 3.63) is 29.8 Å². The van der Waals surface area contributed by atoms with Gasteiger partial charge in [-0.3, -0.25) is 4.79 Å². The molecule has 5 heteroatoms. The van der Waals surface area contributed by atoms with E-state index in [1.165, 1.54) is 19.3 Å². The molecule has 0 spiro atoms. The fourth-order valence-electron chi connectivity index (χ4n) is 2.31. The normalized spacial score (nSPS) is 11.7. The molecule has 0 aromatic heterocycles. The van der Waals surface area contributed by atoms with Gasteiger partial charge in [0.1, 0.15) is 0 Å². The first-order chi connectivity index (χ1) is 11.0. The van der Waals surface area contributed by atoms with Gasteiger partial charge in [0.05, 0.1) is 0 Å². The summed E-state index contributed by atoms with van der Waals surface area (Å²) in [6, 6.07) is 7.37. The first kappa shape index (κ1) is 19.4. The number of hydrogen-bond acceptors (Lipinski definition) is 2. The monoisotopic (exact) mass is 335 g/mol. The van der Waals surface area contributed by atoms with E-state index in [0.29, 0.717) is 16.6 Å². The van der Waals surface area contributed by atoms with E-state index < -0.39 is 0 Å². The standard InChI is InChI=1S/C18H29N3OS/c1-5-7-8-14(6-2)13-19-18(23)20-16-11-9-15(10-12-16)17(22)21(3)4/h9-12,14H,5-8,13H2,1-4H3,(H2,19,20,23)/t14-/m1/s1. The van der Waals surface area contributed by atoms with E-state index in [9.17, 15) is 4.79 Å². The van der Waals surface area contributed by atoms with Crippen LogP contribution in [-0.2, 0) is 0 Å². The van der Waals surface area contributed by atoms with Crippen molar-refractivity contribution < 1.29 is 4.79 Å². The summed E-state index contributed by atoms with van der Waals surface area (Å²) in [5.41, 5.74) is 1.56. The summed E-state index contributed by atoms with van der Waals surface area (Å²) in [6.45, 7) is 5.34. The second-order valence-electron chi connectivity index (χ2n) is 6.03. The molecule has 128 valence electrons. The minimum Gasteiger partial charge on any atom is -0.362 e. The minimum absolute atomic E-state index is 0.000960. The third-order valence-electron chi connectivity index (χ3n) is 3.89. The average molecular weight is 336 g/mol. The van der Waals surface area contributed by atoms with Crippen LogP contribution in [-0.4, -0.2) is 36.6 Å². The molecule has 0 saturated carbocycles. The maximum atomic E-state index is 11.8. The highest BCUT2D eigenvalue weighted by Crippen LogP contribution is 2.13. The van der Waals surface area contributed by atoms with Gasteiger partial charge in [-0.25, -0.2) is 0 Å². The Morgan fingerprint density at radius 2 is 1.87 bits per heavy atom. The number of nitrogens with one attached hydrogen (secondary N) is 2. The van der Waals surface area contributed by atoms with Crippen molar-refractivity contribution in [3.63, 3.8) is 0 Å². The summed E-state index contributed by atoms with van der Waals surface area (Å²) < 4.78 is 0. The highest BCUT2D eigenvalue weighted by Gasteiger charge is 2.09. The van der Waals surface area contributed by atoms with Crippen LogP contribution in [0.1, 0.15) is 49.9 Å². The van der Waals surface area contributed by atoms with Crippen molar-refractivity contribution in [1.82, 2.24) is 10.2 Å². The molecule has 1 rings (SSSR count). The molecule has 0 fully saturated rings. The molecule has 0 bridgehead atoms. The van der Waals surface area contributed by atoms with Gasteiger partial charge < -0.3 is 15.5 Å². The second kappa shape index (κ2) is 10.2. The molecule has 0 aliphatic carbocycles. The Hall–Kier alpha value is -1.62. The van der Waals surface area contributed by atoms with E-state index in [0.717, 1.165) is 18.7 Å². The van der Waals surface area contributed by atoms with Crippen LogP contribution < -0.4 is 10.6 Å². The lowest BCUT2D eigenvalue weighted by atomic mass is 9.99. The predicted octanol–water partition coefficient (Wildman–Crippen LogP) is 3.89. The van der Waals surface area contributed by atoms with Gasteiger partial charge in [-0.05, 0) is 48.8 Å². The third kappa shape index (κ3) is 6.99. The summed E-state index contributed by atoms with van der Waals surface area (Å²) in [5.74, 6) is 0.661. The van der Waals surface area contributed by atoms with Gasteiger partial charge >= 0.3 is 0 Å². The highest BCUT2D eigenvalue weighted by molar-refractivity contribution is 7.80. The summed E-state index contributed by atoms with van der Waals surface area (Å²) >= 11 is 5.34. The van der Waals surface area contributed by atoms with Crippen LogP contribution >= 0.6 is 12.2 Å². The Morgan fingerprint density at radius 3 is 2.39 bits per heavy atom. The Balaban J connectivity index is 2.46. The number of hydrogen-bond donors (Lipinski definition) is 2. The summed E-state index contributed by atoms with van der Waals surface area (Å²) in [5, 5.41) is 7.09. The molecule has 1 aromatic rings. The van der Waals surface area contributed by atoms with Gasteiger partial charge in [0.2, 0.25) is 0 Å². The lowest BCUT2D eigenvalue weighted by Gasteiger charge is -2.17. The smallest absolute Gasteiger partial charge is 0.253 e. The molecule has 23 heavy (non-hydrogen) atoms. The van der Waals surface area contributed by atoms with E-state index in [1.54, 1.807) is 19.0 Å². The fraction of sp³-hybridized carbons (Fsp3) is 0.556. The lowest BCUT2D eigenvalue weighted by Crippen LogP contribution is -2.32. The number of anilines is 1. The van der Waals surface area contributed by atoms with Crippen molar-refractivity contribution in [1.29, 1.82) is 0 Å². The van der Waals surface area contributed by atoms with Crippen molar-refractivity contribution in [2.45, 2.75) is 39.5 Å². The topological polar surface area (TPSA) is 44.4 Å². The Morgan fingerprint density at radius 1 is 1.22 bits per heavy atom. The number of benzene rings is 1. The molecule has 0 unspecified atom stereocenters. The van der Waals surface area contributed by atoms with E-state index in [4.69, 9.17) is 12.2 Å². The van der Waals surface area contributed by atoms with Crippen LogP contribution in [0, 0.1) is 5.92 Å². The van der Waals surface area contributed by atoms with Crippen molar-refractivity contribution in [2.75, 3.05) is 26.0 Å². The largest absolute Gasteiger partial charge is 0.362 e. The summed E-state index contributed by atoms with van der Waals surface area (Å²) in [7, 11) is 3.49. The number of carbonyl (C=O) groups excluding carboxylic acids is 1. The highest BCUT2D eigenvalue weighted by atomic mass is 32.1. The number of rotatable bonds is 8. The van der Waals surface area contributed by atoms with E-state index in [-0.39, 0.29) is 5.91 Å². The first-order valence-corrected chi connectivity index (χ1v) is 8.75. The SMILES string of the molecule is CCCC[C@@H](CC)CNC(=S)Nc1ccc(C(=O)N(C)C)cc1. The van der Waals surface area contributed by atoms with E-state index >= 15 is 0 Å². The van der Waals surface area contributed by atoms with Crippen molar-refractivity contribution in [3.8, 4) is 0 Å². The van der Waals surface area contributed by atoms with Gasteiger partial charge in [0, 0.05) is 31.9 Å². The number of nitrogens with zero attached hydrogens (tertiary/aromatic N) is 1. The maximum absolute atomic E-state index is 11.8. The minimum atomic E-state index is -0.000960. The maximum Gasteiger partial charge on any atom is 0.253 e. The average Bonchev–Trinajstić information content (AvgIpc) is 2.55. The quantitative estimate of drug-likeness (QED) is 0.708. The second-order valence-corrected chi connectivity index (χ2v) is 6.44.